The largest absolute Gasteiger partial charge is 0.329 e. The number of benzene rings is 1. The maximum absolute atomic E-state index is 12.5. The standard InChI is InChI=1S/C15H23N3O/c1-11-8-12(2)10-14(9-11)18-7-6-17(5-4-16)13(3)15(18)19/h8-10,13H,4-7,16H2,1-3H3. The van der Waals surface area contributed by atoms with Gasteiger partial charge >= 0.3 is 0 Å². The lowest BCUT2D eigenvalue weighted by Crippen LogP contribution is -2.56. The highest BCUT2D eigenvalue weighted by Gasteiger charge is 2.31. The number of carbonyl (C=O) groups excluding carboxylic acids is 1. The number of aryl methyl sites for hydroxylation is 2. The Hall–Kier alpha value is -1.39. The molecule has 1 amide bonds. The average molecular weight is 261 g/mol. The molecule has 1 atom stereocenters. The molecule has 1 aliphatic heterocycles. The van der Waals surface area contributed by atoms with Crippen LogP contribution >= 0.6 is 0 Å². The van der Waals surface area contributed by atoms with E-state index in [1.165, 1.54) is 11.1 Å². The minimum absolute atomic E-state index is 0.0851. The molecule has 1 heterocycles. The van der Waals surface area contributed by atoms with Gasteiger partial charge in [-0.25, -0.2) is 0 Å². The van der Waals surface area contributed by atoms with Gasteiger partial charge < -0.3 is 10.6 Å². The Labute approximate surface area is 115 Å². The summed E-state index contributed by atoms with van der Waals surface area (Å²) in [7, 11) is 0. The zero-order valence-electron chi connectivity index (χ0n) is 12.0. The molecule has 2 rings (SSSR count). The van der Waals surface area contributed by atoms with E-state index in [9.17, 15) is 4.79 Å². The van der Waals surface area contributed by atoms with Gasteiger partial charge in [0.05, 0.1) is 6.04 Å². The van der Waals surface area contributed by atoms with Gasteiger partial charge in [-0.15, -0.1) is 0 Å². The summed E-state index contributed by atoms with van der Waals surface area (Å²) in [6, 6.07) is 6.20. The molecular weight excluding hydrogens is 238 g/mol. The fourth-order valence-electron chi connectivity index (χ4n) is 2.75. The molecule has 104 valence electrons. The highest BCUT2D eigenvalue weighted by Crippen LogP contribution is 2.22. The van der Waals surface area contributed by atoms with Gasteiger partial charge in [-0.3, -0.25) is 9.69 Å². The molecule has 1 aromatic rings. The van der Waals surface area contributed by atoms with E-state index in [0.29, 0.717) is 6.54 Å². The van der Waals surface area contributed by atoms with Crippen molar-refractivity contribution in [2.75, 3.05) is 31.1 Å². The fourth-order valence-corrected chi connectivity index (χ4v) is 2.75. The predicted molar refractivity (Wildman–Crippen MR) is 78.4 cm³/mol. The summed E-state index contributed by atoms with van der Waals surface area (Å²) in [6.07, 6.45) is 0. The molecule has 4 heteroatoms. The van der Waals surface area contributed by atoms with Crippen molar-refractivity contribution in [1.82, 2.24) is 4.90 Å². The maximum Gasteiger partial charge on any atom is 0.244 e. The summed E-state index contributed by atoms with van der Waals surface area (Å²) in [5, 5.41) is 0. The molecule has 2 N–H and O–H groups in total. The number of amides is 1. The van der Waals surface area contributed by atoms with Crippen molar-refractivity contribution in [1.29, 1.82) is 0 Å². The number of carbonyl (C=O) groups is 1. The number of anilines is 1. The summed E-state index contributed by atoms with van der Waals surface area (Å²) in [6.45, 7) is 9.11. The van der Waals surface area contributed by atoms with Crippen LogP contribution in [-0.2, 0) is 4.79 Å². The first-order valence-corrected chi connectivity index (χ1v) is 6.86. The van der Waals surface area contributed by atoms with Crippen LogP contribution in [0.2, 0.25) is 0 Å². The highest BCUT2D eigenvalue weighted by molar-refractivity contribution is 5.97. The Morgan fingerprint density at radius 1 is 1.21 bits per heavy atom. The van der Waals surface area contributed by atoms with Gasteiger partial charge in [0, 0.05) is 31.9 Å². The number of rotatable bonds is 3. The molecule has 1 fully saturated rings. The Bertz CT molecular complexity index is 452. The first kappa shape index (κ1) is 14.0. The molecule has 1 aliphatic rings. The van der Waals surface area contributed by atoms with Gasteiger partial charge in [0.25, 0.3) is 0 Å². The third kappa shape index (κ3) is 2.96. The first-order chi connectivity index (χ1) is 9.02. The number of piperazine rings is 1. The van der Waals surface area contributed by atoms with E-state index < -0.39 is 0 Å². The number of nitrogens with two attached hydrogens (primary N) is 1. The van der Waals surface area contributed by atoms with Crippen LogP contribution in [0.5, 0.6) is 0 Å². The van der Waals surface area contributed by atoms with E-state index in [1.807, 2.05) is 11.8 Å². The van der Waals surface area contributed by atoms with Crippen LogP contribution in [0.15, 0.2) is 18.2 Å². The summed E-state index contributed by atoms with van der Waals surface area (Å²) < 4.78 is 0. The van der Waals surface area contributed by atoms with Gasteiger partial charge in [-0.05, 0) is 44.0 Å². The van der Waals surface area contributed by atoms with Gasteiger partial charge in [0.15, 0.2) is 0 Å². The first-order valence-electron chi connectivity index (χ1n) is 6.86. The zero-order valence-corrected chi connectivity index (χ0v) is 12.0. The molecule has 1 unspecified atom stereocenters. The average Bonchev–Trinajstić information content (AvgIpc) is 2.34. The molecule has 0 spiro atoms. The van der Waals surface area contributed by atoms with Gasteiger partial charge in [0.1, 0.15) is 0 Å². The zero-order chi connectivity index (χ0) is 14.0. The molecule has 0 saturated carbocycles. The minimum Gasteiger partial charge on any atom is -0.329 e. The van der Waals surface area contributed by atoms with Crippen LogP contribution in [-0.4, -0.2) is 43.0 Å². The van der Waals surface area contributed by atoms with Crippen LogP contribution in [0.1, 0.15) is 18.1 Å². The van der Waals surface area contributed by atoms with E-state index in [4.69, 9.17) is 5.73 Å². The molecule has 0 bridgehead atoms. The second-order valence-electron chi connectivity index (χ2n) is 5.34. The maximum atomic E-state index is 12.5. The molecule has 4 nitrogen and oxygen atoms in total. The SMILES string of the molecule is Cc1cc(C)cc(N2CCN(CCN)C(C)C2=O)c1. The van der Waals surface area contributed by atoms with Crippen molar-refractivity contribution in [3.63, 3.8) is 0 Å². The quantitative estimate of drug-likeness (QED) is 0.892. The predicted octanol–water partition coefficient (Wildman–Crippen LogP) is 1.30. The third-order valence-electron chi connectivity index (χ3n) is 3.72. The smallest absolute Gasteiger partial charge is 0.244 e. The summed E-state index contributed by atoms with van der Waals surface area (Å²) >= 11 is 0. The fraction of sp³-hybridized carbons (Fsp3) is 0.533. The monoisotopic (exact) mass is 261 g/mol. The van der Waals surface area contributed by atoms with Crippen LogP contribution in [0.4, 0.5) is 5.69 Å². The molecular formula is C15H23N3O. The Kier molecular flexibility index (Phi) is 4.22. The Morgan fingerprint density at radius 3 is 2.42 bits per heavy atom. The lowest BCUT2D eigenvalue weighted by Gasteiger charge is -2.39. The number of nitrogens with zero attached hydrogens (tertiary/aromatic N) is 2. The van der Waals surface area contributed by atoms with Crippen molar-refractivity contribution >= 4 is 11.6 Å². The molecule has 1 saturated heterocycles. The van der Waals surface area contributed by atoms with E-state index in [1.54, 1.807) is 0 Å². The summed E-state index contributed by atoms with van der Waals surface area (Å²) in [5.74, 6) is 0.171. The van der Waals surface area contributed by atoms with Crippen molar-refractivity contribution in [3.05, 3.63) is 29.3 Å². The lowest BCUT2D eigenvalue weighted by molar-refractivity contribution is -0.125. The van der Waals surface area contributed by atoms with Crippen molar-refractivity contribution in [3.8, 4) is 0 Å². The summed E-state index contributed by atoms with van der Waals surface area (Å²) in [5.41, 5.74) is 8.99. The van der Waals surface area contributed by atoms with Gasteiger partial charge in [-0.1, -0.05) is 6.07 Å². The van der Waals surface area contributed by atoms with Crippen LogP contribution < -0.4 is 10.6 Å². The van der Waals surface area contributed by atoms with Crippen LogP contribution in [0.25, 0.3) is 0 Å². The van der Waals surface area contributed by atoms with Crippen molar-refractivity contribution in [2.45, 2.75) is 26.8 Å². The topological polar surface area (TPSA) is 49.6 Å². The second kappa shape index (κ2) is 5.72. The minimum atomic E-state index is -0.0851. The lowest BCUT2D eigenvalue weighted by atomic mass is 10.1. The Morgan fingerprint density at radius 2 is 1.84 bits per heavy atom. The van der Waals surface area contributed by atoms with E-state index in [-0.39, 0.29) is 11.9 Å². The van der Waals surface area contributed by atoms with E-state index >= 15 is 0 Å². The second-order valence-corrected chi connectivity index (χ2v) is 5.34. The van der Waals surface area contributed by atoms with Gasteiger partial charge in [-0.2, -0.15) is 0 Å². The van der Waals surface area contributed by atoms with Crippen LogP contribution in [0, 0.1) is 13.8 Å². The molecule has 0 aliphatic carbocycles. The number of hydrogen-bond donors (Lipinski definition) is 1. The van der Waals surface area contributed by atoms with E-state index in [0.717, 1.165) is 25.3 Å². The Balaban J connectivity index is 2.20. The molecule has 1 aromatic carbocycles. The number of hydrogen-bond acceptors (Lipinski definition) is 3. The molecule has 19 heavy (non-hydrogen) atoms. The molecule has 0 aromatic heterocycles. The van der Waals surface area contributed by atoms with Crippen molar-refractivity contribution < 1.29 is 4.79 Å². The van der Waals surface area contributed by atoms with Crippen molar-refractivity contribution in [2.24, 2.45) is 5.73 Å². The molecule has 0 radical (unpaired) electrons. The van der Waals surface area contributed by atoms with Crippen LogP contribution in [0.3, 0.4) is 0 Å². The van der Waals surface area contributed by atoms with Gasteiger partial charge in [0.2, 0.25) is 5.91 Å². The highest BCUT2D eigenvalue weighted by atomic mass is 16.2. The normalized spacial score (nSPS) is 20.9. The van der Waals surface area contributed by atoms with E-state index in [2.05, 4.69) is 36.9 Å². The summed E-state index contributed by atoms with van der Waals surface area (Å²) in [4.78, 5) is 16.5. The third-order valence-corrected chi connectivity index (χ3v) is 3.72.